The third kappa shape index (κ3) is 7.98. The number of alkyl halides is 3. The van der Waals surface area contributed by atoms with Crippen LogP contribution in [0.2, 0.25) is 0 Å². The summed E-state index contributed by atoms with van der Waals surface area (Å²) in [5.41, 5.74) is 4.92. The van der Waals surface area contributed by atoms with Crippen LogP contribution in [-0.2, 0) is 4.79 Å². The second-order valence-corrected chi connectivity index (χ2v) is 11.3. The largest absolute Gasteiger partial charge is 0.573 e. The molecule has 0 saturated carbocycles. The highest BCUT2D eigenvalue weighted by Gasteiger charge is 2.33. The van der Waals surface area contributed by atoms with Crippen molar-refractivity contribution in [2.75, 3.05) is 17.2 Å². The second-order valence-electron chi connectivity index (χ2n) is 10.4. The van der Waals surface area contributed by atoms with E-state index in [1.54, 1.807) is 6.08 Å². The molecule has 1 N–H and O–H groups in total. The number of carbonyl (C=O) groups excluding carboxylic acids is 2. The molecule has 232 valence electrons. The Bertz CT molecular complexity index is 1750. The number of rotatable bonds is 8. The first-order valence-corrected chi connectivity index (χ1v) is 14.9. The van der Waals surface area contributed by atoms with Crippen molar-refractivity contribution in [1.82, 2.24) is 20.1 Å². The van der Waals surface area contributed by atoms with Gasteiger partial charge in [-0.1, -0.05) is 74.2 Å². The van der Waals surface area contributed by atoms with E-state index < -0.39 is 12.4 Å². The number of amides is 3. The number of urea groups is 1. The van der Waals surface area contributed by atoms with Gasteiger partial charge in [0.05, 0.1) is 17.1 Å². The van der Waals surface area contributed by atoms with Crippen molar-refractivity contribution in [3.05, 3.63) is 95.8 Å². The van der Waals surface area contributed by atoms with Crippen LogP contribution in [0.25, 0.3) is 23.2 Å². The van der Waals surface area contributed by atoms with Gasteiger partial charge >= 0.3 is 12.4 Å². The van der Waals surface area contributed by atoms with Gasteiger partial charge < -0.3 is 10.1 Å². The van der Waals surface area contributed by atoms with Gasteiger partial charge in [0.2, 0.25) is 5.91 Å². The lowest BCUT2D eigenvalue weighted by Gasteiger charge is -2.22. The Hall–Kier alpha value is -4.91. The lowest BCUT2D eigenvalue weighted by atomic mass is 9.99. The molecule has 1 aliphatic heterocycles. The molecule has 45 heavy (non-hydrogen) atoms. The summed E-state index contributed by atoms with van der Waals surface area (Å²) in [6.45, 7) is 6.31. The molecule has 9 nitrogen and oxygen atoms in total. The molecule has 0 aliphatic carbocycles. The van der Waals surface area contributed by atoms with E-state index in [9.17, 15) is 22.8 Å². The molecule has 0 spiro atoms. The Kier molecular flexibility index (Phi) is 9.37. The molecular weight excluding hydrogens is 605 g/mol. The Morgan fingerprint density at radius 3 is 2.53 bits per heavy atom. The van der Waals surface area contributed by atoms with Gasteiger partial charge in [0.15, 0.2) is 11.0 Å². The monoisotopic (exact) mass is 634 g/mol. The minimum absolute atomic E-state index is 0.113. The summed E-state index contributed by atoms with van der Waals surface area (Å²) < 4.78 is 42.5. The number of hydrogen-bond acceptors (Lipinski definition) is 6. The third-order valence-electron chi connectivity index (χ3n) is 6.69. The van der Waals surface area contributed by atoms with Crippen LogP contribution in [0.4, 0.5) is 23.7 Å². The molecule has 1 aliphatic rings. The number of halogens is 3. The van der Waals surface area contributed by atoms with Crippen LogP contribution >= 0.6 is 11.8 Å². The number of anilines is 1. The van der Waals surface area contributed by atoms with Crippen LogP contribution < -0.4 is 15.0 Å². The molecule has 4 aromatic rings. The Labute approximate surface area is 261 Å². The molecule has 0 radical (unpaired) electrons. The summed E-state index contributed by atoms with van der Waals surface area (Å²) >= 11 is 1.24. The molecule has 3 aromatic carbocycles. The summed E-state index contributed by atoms with van der Waals surface area (Å²) in [6.07, 6.45) is 0.341. The average molecular weight is 635 g/mol. The number of carbonyl (C=O) groups is 2. The quantitative estimate of drug-likeness (QED) is 0.221. The van der Waals surface area contributed by atoms with Crippen molar-refractivity contribution in [1.29, 1.82) is 0 Å². The van der Waals surface area contributed by atoms with E-state index in [-0.39, 0.29) is 29.9 Å². The molecule has 1 saturated heterocycles. The zero-order valence-electron chi connectivity index (χ0n) is 24.6. The normalized spacial score (nSPS) is 14.6. The third-order valence-corrected chi connectivity index (χ3v) is 7.61. The van der Waals surface area contributed by atoms with Crippen LogP contribution in [0, 0.1) is 6.92 Å². The first-order chi connectivity index (χ1) is 21.5. The van der Waals surface area contributed by atoms with Crippen molar-refractivity contribution in [3.8, 4) is 22.8 Å². The van der Waals surface area contributed by atoms with E-state index in [1.807, 2.05) is 55.5 Å². The topological polar surface area (TPSA) is 102 Å². The van der Waals surface area contributed by atoms with E-state index in [4.69, 9.17) is 0 Å². The Balaban J connectivity index is 1.17. The highest BCUT2D eigenvalue weighted by Crippen LogP contribution is 2.34. The number of aryl methyl sites for hydroxylation is 1. The van der Waals surface area contributed by atoms with Crippen LogP contribution in [0.5, 0.6) is 5.75 Å². The zero-order valence-corrected chi connectivity index (χ0v) is 25.4. The van der Waals surface area contributed by atoms with E-state index in [1.165, 1.54) is 51.9 Å². The molecule has 1 fully saturated rings. The van der Waals surface area contributed by atoms with Gasteiger partial charge in [-0.3, -0.25) is 9.69 Å². The number of nitrogens with one attached hydrogen (secondary N) is 1. The van der Waals surface area contributed by atoms with Crippen LogP contribution in [0.1, 0.15) is 36.5 Å². The standard InChI is InChI=1S/C32H29F3N6O3S/c1-20(2)26-15-6-21(3)17-27(26)41-28(42)18-45-31(41)38-30(43)36-16-4-5-22-7-9-23(10-8-22)29-37-19-40(39-29)24-11-13-25(14-12-24)44-32(33,34)35/h4-15,17,19-20H,16,18H2,1-3H3,(H,36,43)/b5-4-,38-31?. The maximum absolute atomic E-state index is 12.7. The van der Waals surface area contributed by atoms with Gasteiger partial charge in [-0.25, -0.2) is 14.5 Å². The minimum atomic E-state index is -4.76. The van der Waals surface area contributed by atoms with Crippen LogP contribution in [0.3, 0.4) is 0 Å². The first kappa shape index (κ1) is 31.5. The van der Waals surface area contributed by atoms with Gasteiger partial charge in [0.25, 0.3) is 0 Å². The molecule has 0 atom stereocenters. The summed E-state index contributed by atoms with van der Waals surface area (Å²) in [4.78, 5) is 35.4. The summed E-state index contributed by atoms with van der Waals surface area (Å²) in [5, 5.41) is 7.50. The molecule has 0 bridgehead atoms. The number of benzene rings is 3. The zero-order chi connectivity index (χ0) is 32.1. The average Bonchev–Trinajstić information content (AvgIpc) is 3.62. The number of aromatic nitrogens is 3. The van der Waals surface area contributed by atoms with Gasteiger partial charge in [0.1, 0.15) is 12.1 Å². The van der Waals surface area contributed by atoms with Crippen molar-refractivity contribution in [2.45, 2.75) is 33.1 Å². The lowest BCUT2D eigenvalue weighted by molar-refractivity contribution is -0.274. The highest BCUT2D eigenvalue weighted by atomic mass is 32.2. The SMILES string of the molecule is Cc1ccc(C(C)C)c(N2C(=O)CSC2=NC(=O)NC/C=C\c2ccc(-c3ncn(-c4ccc(OC(F)(F)F)cc4)n3)cc2)c1. The summed E-state index contributed by atoms with van der Waals surface area (Å²) in [5.74, 6) is 0.418. The predicted molar refractivity (Wildman–Crippen MR) is 169 cm³/mol. The first-order valence-electron chi connectivity index (χ1n) is 13.9. The van der Waals surface area contributed by atoms with Gasteiger partial charge in [-0.05, 0) is 59.9 Å². The van der Waals surface area contributed by atoms with Gasteiger partial charge in [-0.2, -0.15) is 4.99 Å². The van der Waals surface area contributed by atoms with E-state index >= 15 is 0 Å². The molecule has 13 heteroatoms. The smallest absolute Gasteiger partial charge is 0.406 e. The molecule has 2 heterocycles. The van der Waals surface area contributed by atoms with Crippen molar-refractivity contribution >= 4 is 40.6 Å². The fourth-order valence-electron chi connectivity index (χ4n) is 4.55. The molecule has 5 rings (SSSR count). The number of amidine groups is 1. The summed E-state index contributed by atoms with van der Waals surface area (Å²) in [6, 6.07) is 18.1. The van der Waals surface area contributed by atoms with Crippen LogP contribution in [0.15, 0.2) is 84.1 Å². The van der Waals surface area contributed by atoms with E-state index in [0.29, 0.717) is 16.7 Å². The fraction of sp³-hybridized carbons (Fsp3) is 0.219. The number of hydrogen-bond donors (Lipinski definition) is 1. The Morgan fingerprint density at radius 1 is 1.11 bits per heavy atom. The minimum Gasteiger partial charge on any atom is -0.406 e. The Morgan fingerprint density at radius 2 is 1.84 bits per heavy atom. The predicted octanol–water partition coefficient (Wildman–Crippen LogP) is 7.12. The van der Waals surface area contributed by atoms with Crippen molar-refractivity contribution in [3.63, 3.8) is 0 Å². The number of ether oxygens (including phenoxy) is 1. The maximum atomic E-state index is 12.7. The molecule has 1 aromatic heterocycles. The van der Waals surface area contributed by atoms with E-state index in [2.05, 4.69) is 39.0 Å². The fourth-order valence-corrected chi connectivity index (χ4v) is 5.41. The van der Waals surface area contributed by atoms with Gasteiger partial charge in [-0.15, -0.1) is 18.3 Å². The molecular formula is C32H29F3N6O3S. The van der Waals surface area contributed by atoms with E-state index in [0.717, 1.165) is 27.9 Å². The van der Waals surface area contributed by atoms with Gasteiger partial charge in [0, 0.05) is 12.1 Å². The molecule has 0 unspecified atom stereocenters. The summed E-state index contributed by atoms with van der Waals surface area (Å²) in [7, 11) is 0. The lowest BCUT2D eigenvalue weighted by Crippen LogP contribution is -2.32. The number of aliphatic imine (C=N–C) groups is 1. The molecule has 3 amide bonds. The number of nitrogens with zero attached hydrogens (tertiary/aromatic N) is 5. The van der Waals surface area contributed by atoms with Crippen molar-refractivity contribution in [2.24, 2.45) is 4.99 Å². The second kappa shape index (κ2) is 13.4. The van der Waals surface area contributed by atoms with Crippen LogP contribution in [-0.4, -0.2) is 50.5 Å². The number of thioether (sulfide) groups is 1. The van der Waals surface area contributed by atoms with Crippen molar-refractivity contribution < 1.29 is 27.5 Å². The maximum Gasteiger partial charge on any atom is 0.573 e. The highest BCUT2D eigenvalue weighted by molar-refractivity contribution is 8.15.